The molecule has 0 bridgehead atoms. The number of nitrogens with one attached hydrogen (secondary N) is 1. The Morgan fingerprint density at radius 3 is 2.52 bits per heavy atom. The van der Waals surface area contributed by atoms with Crippen LogP contribution in [-0.4, -0.2) is 30.6 Å². The van der Waals surface area contributed by atoms with Crippen molar-refractivity contribution in [1.29, 1.82) is 0 Å². The van der Waals surface area contributed by atoms with E-state index in [1.165, 1.54) is 12.7 Å². The van der Waals surface area contributed by atoms with E-state index in [-0.39, 0.29) is 11.6 Å². The average Bonchev–Trinajstić information content (AvgIpc) is 3.03. The van der Waals surface area contributed by atoms with Crippen LogP contribution in [0.15, 0.2) is 53.8 Å². The van der Waals surface area contributed by atoms with Crippen molar-refractivity contribution < 1.29 is 4.79 Å². The summed E-state index contributed by atoms with van der Waals surface area (Å²) in [4.78, 5) is 20.5. The van der Waals surface area contributed by atoms with Crippen molar-refractivity contribution in [2.45, 2.75) is 0 Å². The molecule has 0 aliphatic carbocycles. The Balaban J connectivity index is 1.91. The van der Waals surface area contributed by atoms with E-state index in [2.05, 4.69) is 41.4 Å². The number of carbonyl (C=O) groups is 1. The number of hydrogen-bond donors (Lipinski definition) is 1. The van der Waals surface area contributed by atoms with Crippen molar-refractivity contribution in [3.63, 3.8) is 0 Å². The summed E-state index contributed by atoms with van der Waals surface area (Å²) in [6.07, 6.45) is 6.24. The maximum absolute atomic E-state index is 12.3. The summed E-state index contributed by atoms with van der Waals surface area (Å²) in [5.41, 5.74) is 0.927. The van der Waals surface area contributed by atoms with Gasteiger partial charge in [-0.2, -0.15) is 0 Å². The molecule has 0 fully saturated rings. The van der Waals surface area contributed by atoms with Crippen LogP contribution in [-0.2, 0) is 0 Å². The van der Waals surface area contributed by atoms with Crippen molar-refractivity contribution >= 4 is 27.5 Å². The molecule has 0 unspecified atom stereocenters. The number of nitrogens with zero attached hydrogens (tertiary/aromatic N) is 5. The number of pyridine rings is 2. The van der Waals surface area contributed by atoms with Crippen molar-refractivity contribution in [2.24, 2.45) is 0 Å². The molecule has 0 atom stereocenters. The molecule has 0 saturated carbocycles. The molecule has 8 heteroatoms. The van der Waals surface area contributed by atoms with Gasteiger partial charge in [-0.1, -0.05) is 0 Å². The van der Waals surface area contributed by atoms with Crippen LogP contribution in [0.25, 0.3) is 5.82 Å². The van der Waals surface area contributed by atoms with Crippen LogP contribution < -0.4 is 5.32 Å². The lowest BCUT2D eigenvalue weighted by atomic mass is 10.3. The second-order valence-electron chi connectivity index (χ2n) is 4.06. The zero-order chi connectivity index (χ0) is 14.7. The van der Waals surface area contributed by atoms with E-state index in [0.29, 0.717) is 16.0 Å². The monoisotopic (exact) mass is 344 g/mol. The summed E-state index contributed by atoms with van der Waals surface area (Å²) in [7, 11) is 0. The molecule has 3 heterocycles. The maximum Gasteiger partial charge on any atom is 0.275 e. The number of hydrogen-bond acceptors (Lipinski definition) is 5. The van der Waals surface area contributed by atoms with E-state index in [4.69, 9.17) is 0 Å². The molecule has 3 aromatic rings. The highest BCUT2D eigenvalue weighted by molar-refractivity contribution is 9.10. The maximum atomic E-state index is 12.3. The summed E-state index contributed by atoms with van der Waals surface area (Å²) in [6.45, 7) is 0. The molecule has 3 rings (SSSR count). The Hall–Kier alpha value is -2.61. The van der Waals surface area contributed by atoms with Gasteiger partial charge in [-0.05, 0) is 40.2 Å². The molecule has 0 aliphatic heterocycles. The molecule has 7 nitrogen and oxygen atoms in total. The second kappa shape index (κ2) is 5.80. The van der Waals surface area contributed by atoms with Gasteiger partial charge in [-0.3, -0.25) is 14.3 Å². The smallest absolute Gasteiger partial charge is 0.275 e. The van der Waals surface area contributed by atoms with Gasteiger partial charge in [0.2, 0.25) is 0 Å². The third-order valence-corrected chi connectivity index (χ3v) is 3.31. The SMILES string of the molecule is O=C(Nc1ccncc1)c1nc(-n2cnnc2)ccc1Br. The fourth-order valence-corrected chi connectivity index (χ4v) is 2.08. The largest absolute Gasteiger partial charge is 0.321 e. The minimum absolute atomic E-state index is 0.276. The zero-order valence-corrected chi connectivity index (χ0v) is 12.2. The highest BCUT2D eigenvalue weighted by Crippen LogP contribution is 2.18. The molecular formula is C13H9BrN6O. The summed E-state index contributed by atoms with van der Waals surface area (Å²) in [6, 6.07) is 6.92. The van der Waals surface area contributed by atoms with Gasteiger partial charge in [-0.15, -0.1) is 10.2 Å². The Morgan fingerprint density at radius 2 is 1.81 bits per heavy atom. The second-order valence-corrected chi connectivity index (χ2v) is 4.91. The van der Waals surface area contributed by atoms with Crippen molar-refractivity contribution in [3.05, 3.63) is 59.5 Å². The third-order valence-electron chi connectivity index (χ3n) is 2.67. The van der Waals surface area contributed by atoms with Gasteiger partial charge in [0, 0.05) is 22.6 Å². The minimum atomic E-state index is -0.317. The van der Waals surface area contributed by atoms with Crippen LogP contribution in [0.2, 0.25) is 0 Å². The van der Waals surface area contributed by atoms with Crippen LogP contribution in [0.1, 0.15) is 10.5 Å². The number of amides is 1. The van der Waals surface area contributed by atoms with Gasteiger partial charge in [-0.25, -0.2) is 4.98 Å². The minimum Gasteiger partial charge on any atom is -0.321 e. The quantitative estimate of drug-likeness (QED) is 0.785. The topological polar surface area (TPSA) is 85.6 Å². The molecule has 1 amide bonds. The Morgan fingerprint density at radius 1 is 1.10 bits per heavy atom. The summed E-state index contributed by atoms with van der Waals surface area (Å²) in [5.74, 6) is 0.242. The highest BCUT2D eigenvalue weighted by Gasteiger charge is 2.14. The molecule has 1 N–H and O–H groups in total. The molecule has 21 heavy (non-hydrogen) atoms. The van der Waals surface area contributed by atoms with E-state index >= 15 is 0 Å². The summed E-state index contributed by atoms with van der Waals surface area (Å²) < 4.78 is 2.22. The predicted molar refractivity (Wildman–Crippen MR) is 79.0 cm³/mol. The van der Waals surface area contributed by atoms with E-state index < -0.39 is 0 Å². The lowest BCUT2D eigenvalue weighted by molar-refractivity contribution is 0.102. The Labute approximate surface area is 128 Å². The van der Waals surface area contributed by atoms with Gasteiger partial charge in [0.05, 0.1) is 0 Å². The van der Waals surface area contributed by atoms with Crippen molar-refractivity contribution in [3.8, 4) is 5.82 Å². The van der Waals surface area contributed by atoms with E-state index in [1.54, 1.807) is 41.2 Å². The van der Waals surface area contributed by atoms with Crippen LogP contribution in [0.4, 0.5) is 5.69 Å². The van der Waals surface area contributed by atoms with E-state index in [9.17, 15) is 4.79 Å². The lowest BCUT2D eigenvalue weighted by Gasteiger charge is -2.08. The van der Waals surface area contributed by atoms with Gasteiger partial charge < -0.3 is 5.32 Å². The standard InChI is InChI=1S/C13H9BrN6O/c14-10-1-2-11(20-7-16-17-8-20)19-12(10)13(21)18-9-3-5-15-6-4-9/h1-8H,(H,15,18,21). The molecule has 0 spiro atoms. The van der Waals surface area contributed by atoms with Gasteiger partial charge in [0.1, 0.15) is 24.2 Å². The average molecular weight is 345 g/mol. The lowest BCUT2D eigenvalue weighted by Crippen LogP contribution is -2.15. The van der Waals surface area contributed by atoms with E-state index in [0.717, 1.165) is 0 Å². The molecule has 0 aromatic carbocycles. The molecular weight excluding hydrogens is 336 g/mol. The molecule has 0 aliphatic rings. The van der Waals surface area contributed by atoms with Crippen LogP contribution in [0, 0.1) is 0 Å². The number of halogens is 1. The summed E-state index contributed by atoms with van der Waals surface area (Å²) in [5, 5.41) is 10.2. The molecule has 0 radical (unpaired) electrons. The first-order valence-corrected chi connectivity index (χ1v) is 6.76. The molecule has 0 saturated heterocycles. The molecule has 3 aromatic heterocycles. The predicted octanol–water partition coefficient (Wildman–Crippen LogP) is 2.07. The van der Waals surface area contributed by atoms with Gasteiger partial charge in [0.25, 0.3) is 5.91 Å². The van der Waals surface area contributed by atoms with Crippen LogP contribution in [0.5, 0.6) is 0 Å². The number of aromatic nitrogens is 5. The Bertz CT molecular complexity index is 760. The first-order valence-electron chi connectivity index (χ1n) is 5.97. The van der Waals surface area contributed by atoms with Gasteiger partial charge in [0.15, 0.2) is 0 Å². The third kappa shape index (κ3) is 2.95. The zero-order valence-electron chi connectivity index (χ0n) is 10.6. The fourth-order valence-electron chi connectivity index (χ4n) is 1.68. The van der Waals surface area contributed by atoms with Crippen LogP contribution >= 0.6 is 15.9 Å². The van der Waals surface area contributed by atoms with Crippen LogP contribution in [0.3, 0.4) is 0 Å². The first-order chi connectivity index (χ1) is 10.2. The number of anilines is 1. The summed E-state index contributed by atoms with van der Waals surface area (Å²) >= 11 is 3.33. The van der Waals surface area contributed by atoms with Crippen molar-refractivity contribution in [1.82, 2.24) is 24.7 Å². The Kier molecular flexibility index (Phi) is 3.69. The van der Waals surface area contributed by atoms with E-state index in [1.807, 2.05) is 0 Å². The highest BCUT2D eigenvalue weighted by atomic mass is 79.9. The first kappa shape index (κ1) is 13.4. The normalized spacial score (nSPS) is 10.3. The number of carbonyl (C=O) groups excluding carboxylic acids is 1. The molecule has 104 valence electrons. The van der Waals surface area contributed by atoms with Gasteiger partial charge >= 0.3 is 0 Å². The number of rotatable bonds is 3. The fraction of sp³-hybridized carbons (Fsp3) is 0. The van der Waals surface area contributed by atoms with Crippen molar-refractivity contribution in [2.75, 3.05) is 5.32 Å².